The SMILES string of the molecule is CN(C(=O)c1cccc(-n2nc(C(F)(F)F)c(Cl)c2COc2ccc(C(=O)O)cc2)c1)c1cnc2c(n1)OC(F)(F)O2. The molecular weight excluding hydrogens is 597 g/mol. The number of rotatable bonds is 7. The Morgan fingerprint density at radius 3 is 2.45 bits per heavy atom. The number of hydrogen-bond donors (Lipinski definition) is 1. The van der Waals surface area contributed by atoms with Crippen molar-refractivity contribution in [1.82, 2.24) is 19.7 Å². The van der Waals surface area contributed by atoms with Crippen LogP contribution >= 0.6 is 11.6 Å². The number of halogens is 6. The number of amides is 1. The van der Waals surface area contributed by atoms with Crippen molar-refractivity contribution < 1.29 is 50.9 Å². The van der Waals surface area contributed by atoms with Crippen molar-refractivity contribution in [3.05, 3.63) is 82.3 Å². The number of carboxylic acids is 1. The molecule has 1 amide bonds. The van der Waals surface area contributed by atoms with Gasteiger partial charge in [-0.05, 0) is 42.5 Å². The standard InChI is InChI=1S/C25H15ClF5N5O6/c1-35(17-10-32-20-21(33-17)42-25(30,31)41-20)22(37)13-3-2-4-14(9-13)36-16(18(26)19(34-36)24(27,28)29)11-40-15-7-5-12(6-8-15)23(38)39/h2-10H,11H2,1H3,(H,38,39). The molecule has 0 radical (unpaired) electrons. The Bertz CT molecular complexity index is 1700. The zero-order valence-electron chi connectivity index (χ0n) is 20.9. The predicted molar refractivity (Wildman–Crippen MR) is 132 cm³/mol. The van der Waals surface area contributed by atoms with E-state index < -0.39 is 53.4 Å². The molecular formula is C25H15ClF5N5O6. The van der Waals surface area contributed by atoms with E-state index in [1.807, 2.05) is 0 Å². The summed E-state index contributed by atoms with van der Waals surface area (Å²) in [5.41, 5.74) is -1.68. The molecule has 17 heteroatoms. The molecule has 5 rings (SSSR count). The summed E-state index contributed by atoms with van der Waals surface area (Å²) in [5.74, 6) is -3.17. The van der Waals surface area contributed by atoms with Crippen LogP contribution in [-0.4, -0.2) is 50.1 Å². The number of benzene rings is 2. The number of ether oxygens (including phenoxy) is 3. The Morgan fingerprint density at radius 2 is 1.79 bits per heavy atom. The van der Waals surface area contributed by atoms with Gasteiger partial charge in [-0.25, -0.2) is 14.5 Å². The van der Waals surface area contributed by atoms with Gasteiger partial charge in [0.1, 0.15) is 18.1 Å². The minimum absolute atomic E-state index is 0.00267. The number of hydrogen-bond acceptors (Lipinski definition) is 8. The summed E-state index contributed by atoms with van der Waals surface area (Å²) in [6.45, 7) is -0.510. The minimum Gasteiger partial charge on any atom is -0.487 e. The van der Waals surface area contributed by atoms with Crippen LogP contribution in [0.2, 0.25) is 5.02 Å². The molecule has 0 unspecified atom stereocenters. The van der Waals surface area contributed by atoms with Gasteiger partial charge in [0.2, 0.25) is 0 Å². The summed E-state index contributed by atoms with van der Waals surface area (Å²) in [7, 11) is 1.26. The highest BCUT2D eigenvalue weighted by Crippen LogP contribution is 2.39. The number of nitrogens with zero attached hydrogens (tertiary/aromatic N) is 5. The van der Waals surface area contributed by atoms with Crippen LogP contribution < -0.4 is 19.1 Å². The van der Waals surface area contributed by atoms with Crippen molar-refractivity contribution in [2.45, 2.75) is 19.1 Å². The summed E-state index contributed by atoms with van der Waals surface area (Å²) in [6.07, 6.45) is -7.91. The predicted octanol–water partition coefficient (Wildman–Crippen LogP) is 5.21. The van der Waals surface area contributed by atoms with Gasteiger partial charge in [-0.3, -0.25) is 9.69 Å². The second kappa shape index (κ2) is 10.4. The van der Waals surface area contributed by atoms with E-state index in [-0.39, 0.29) is 34.1 Å². The van der Waals surface area contributed by atoms with E-state index in [1.54, 1.807) is 0 Å². The van der Waals surface area contributed by atoms with Gasteiger partial charge in [0.25, 0.3) is 17.7 Å². The largest absolute Gasteiger partial charge is 0.588 e. The fourth-order valence-electron chi connectivity index (χ4n) is 3.76. The van der Waals surface area contributed by atoms with E-state index in [1.165, 1.54) is 55.6 Å². The second-order valence-corrected chi connectivity index (χ2v) is 8.94. The van der Waals surface area contributed by atoms with Crippen LogP contribution in [0.15, 0.2) is 54.7 Å². The maximum atomic E-state index is 13.7. The van der Waals surface area contributed by atoms with Gasteiger partial charge < -0.3 is 19.3 Å². The molecule has 1 N–H and O–H groups in total. The molecule has 2 aromatic heterocycles. The minimum atomic E-state index is -4.93. The molecule has 3 heterocycles. The van der Waals surface area contributed by atoms with Crippen molar-refractivity contribution in [1.29, 1.82) is 0 Å². The Hall–Kier alpha value is -4.99. The van der Waals surface area contributed by atoms with Crippen LogP contribution in [0.25, 0.3) is 5.69 Å². The van der Waals surface area contributed by atoms with Gasteiger partial charge in [0.15, 0.2) is 11.5 Å². The van der Waals surface area contributed by atoms with Crippen molar-refractivity contribution in [3.8, 4) is 23.2 Å². The lowest BCUT2D eigenvalue weighted by molar-refractivity contribution is -0.288. The van der Waals surface area contributed by atoms with Crippen molar-refractivity contribution in [2.24, 2.45) is 0 Å². The van der Waals surface area contributed by atoms with E-state index >= 15 is 0 Å². The number of carbonyl (C=O) groups is 2. The van der Waals surface area contributed by atoms with Crippen molar-refractivity contribution in [2.75, 3.05) is 11.9 Å². The summed E-state index contributed by atoms with van der Waals surface area (Å²) < 4.78 is 82.5. The number of fused-ring (bicyclic) bond motifs is 1. The quantitative estimate of drug-likeness (QED) is 0.280. The molecule has 4 aromatic rings. The lowest BCUT2D eigenvalue weighted by atomic mass is 10.1. The summed E-state index contributed by atoms with van der Waals surface area (Å²) in [5, 5.41) is 11.9. The monoisotopic (exact) mass is 611 g/mol. The van der Waals surface area contributed by atoms with Gasteiger partial charge in [-0.2, -0.15) is 23.3 Å². The van der Waals surface area contributed by atoms with Crippen LogP contribution in [0.4, 0.5) is 27.8 Å². The first-order valence-electron chi connectivity index (χ1n) is 11.6. The molecule has 2 aromatic carbocycles. The van der Waals surface area contributed by atoms with Crippen molar-refractivity contribution >= 4 is 29.3 Å². The molecule has 11 nitrogen and oxygen atoms in total. The van der Waals surface area contributed by atoms with Crippen molar-refractivity contribution in [3.63, 3.8) is 0 Å². The zero-order valence-corrected chi connectivity index (χ0v) is 21.7. The number of alkyl halides is 5. The number of carbonyl (C=O) groups excluding carboxylic acids is 1. The van der Waals surface area contributed by atoms with Crippen LogP contribution in [0.5, 0.6) is 17.5 Å². The zero-order chi connectivity index (χ0) is 30.4. The number of anilines is 1. The molecule has 1 aliphatic rings. The molecule has 0 aliphatic carbocycles. The molecule has 0 saturated heterocycles. The Kier molecular flexibility index (Phi) is 7.10. The normalized spacial score (nSPS) is 13.6. The summed E-state index contributed by atoms with van der Waals surface area (Å²) >= 11 is 6.07. The first-order valence-corrected chi connectivity index (χ1v) is 11.9. The molecule has 0 atom stereocenters. The number of aromatic nitrogens is 4. The van der Waals surface area contributed by atoms with E-state index in [4.69, 9.17) is 21.4 Å². The molecule has 0 fully saturated rings. The summed E-state index contributed by atoms with van der Waals surface area (Å²) in [6, 6.07) is 10.5. The Balaban J connectivity index is 1.44. The van der Waals surface area contributed by atoms with E-state index in [9.17, 15) is 31.5 Å². The van der Waals surface area contributed by atoms with E-state index in [0.717, 1.165) is 15.8 Å². The molecule has 0 spiro atoms. The average Bonchev–Trinajstić information content (AvgIpc) is 3.45. The first-order chi connectivity index (χ1) is 19.7. The molecule has 1 aliphatic heterocycles. The van der Waals surface area contributed by atoms with Gasteiger partial charge in [0, 0.05) is 12.6 Å². The molecule has 0 bridgehead atoms. The third kappa shape index (κ3) is 5.60. The van der Waals surface area contributed by atoms with Crippen LogP contribution in [0.1, 0.15) is 32.1 Å². The smallest absolute Gasteiger partial charge is 0.487 e. The lowest BCUT2D eigenvalue weighted by Gasteiger charge is -2.17. The van der Waals surface area contributed by atoms with Crippen LogP contribution in [-0.2, 0) is 12.8 Å². The fraction of sp³-hybridized carbons (Fsp3) is 0.160. The number of aromatic carboxylic acids is 1. The maximum Gasteiger partial charge on any atom is 0.588 e. The fourth-order valence-corrected chi connectivity index (χ4v) is 4.04. The van der Waals surface area contributed by atoms with Gasteiger partial charge >= 0.3 is 18.4 Å². The highest BCUT2D eigenvalue weighted by atomic mass is 35.5. The average molecular weight is 612 g/mol. The third-order valence-electron chi connectivity index (χ3n) is 5.78. The third-order valence-corrected chi connectivity index (χ3v) is 6.17. The summed E-state index contributed by atoms with van der Waals surface area (Å²) in [4.78, 5) is 32.7. The number of carboxylic acid groups (broad SMARTS) is 1. The first kappa shape index (κ1) is 28.5. The van der Waals surface area contributed by atoms with Gasteiger partial charge in [-0.1, -0.05) is 17.7 Å². The van der Waals surface area contributed by atoms with Crippen LogP contribution in [0, 0.1) is 0 Å². The van der Waals surface area contributed by atoms with Crippen LogP contribution in [0.3, 0.4) is 0 Å². The lowest BCUT2D eigenvalue weighted by Crippen LogP contribution is -2.27. The van der Waals surface area contributed by atoms with E-state index in [0.29, 0.717) is 0 Å². The Morgan fingerprint density at radius 1 is 1.10 bits per heavy atom. The van der Waals surface area contributed by atoms with Gasteiger partial charge in [-0.15, -0.1) is 8.78 Å². The van der Waals surface area contributed by atoms with E-state index in [2.05, 4.69) is 24.5 Å². The topological polar surface area (TPSA) is 129 Å². The van der Waals surface area contributed by atoms with Gasteiger partial charge in [0.05, 0.1) is 22.5 Å². The molecule has 42 heavy (non-hydrogen) atoms. The Labute approximate surface area is 236 Å². The molecule has 218 valence electrons. The molecule has 0 saturated carbocycles. The maximum absolute atomic E-state index is 13.7. The highest BCUT2D eigenvalue weighted by molar-refractivity contribution is 6.32. The second-order valence-electron chi connectivity index (χ2n) is 8.56. The highest BCUT2D eigenvalue weighted by Gasteiger charge is 2.46.